The van der Waals surface area contributed by atoms with Crippen LogP contribution in [0.4, 0.5) is 0 Å². The van der Waals surface area contributed by atoms with Crippen molar-refractivity contribution in [1.82, 2.24) is 14.2 Å². The van der Waals surface area contributed by atoms with Gasteiger partial charge >= 0.3 is 0 Å². The minimum atomic E-state index is -3.59. The molecule has 3 heterocycles. The third kappa shape index (κ3) is 2.62. The number of fused-ring (bicyclic) bond motifs is 1. The highest BCUT2D eigenvalue weighted by Gasteiger charge is 2.54. The number of likely N-dealkylation sites (tertiary alicyclic amines) is 1. The first-order valence-corrected chi connectivity index (χ1v) is 9.71. The number of carbonyl (C=O) groups excluding carboxylic acids is 1. The van der Waals surface area contributed by atoms with Gasteiger partial charge in [-0.05, 0) is 30.9 Å². The van der Waals surface area contributed by atoms with Gasteiger partial charge < -0.3 is 9.64 Å². The molecule has 1 aliphatic carbocycles. The molecule has 1 amide bonds. The van der Waals surface area contributed by atoms with E-state index in [1.807, 2.05) is 0 Å². The van der Waals surface area contributed by atoms with Crippen LogP contribution in [0.2, 0.25) is 0 Å². The van der Waals surface area contributed by atoms with Crippen molar-refractivity contribution in [1.29, 1.82) is 0 Å². The Kier molecular flexibility index (Phi) is 3.85. The van der Waals surface area contributed by atoms with E-state index in [9.17, 15) is 13.2 Å². The second kappa shape index (κ2) is 5.79. The lowest BCUT2D eigenvalue weighted by atomic mass is 10.0. The van der Waals surface area contributed by atoms with Crippen LogP contribution in [0, 0.1) is 11.8 Å². The Labute approximate surface area is 141 Å². The number of likely N-dealkylation sites (N-methyl/N-ethyl adjacent to an activating group) is 1. The zero-order chi connectivity index (χ0) is 16.9. The molecule has 0 N–H and O–H groups in total. The fourth-order valence-electron chi connectivity index (χ4n) is 3.59. The highest BCUT2D eigenvalue weighted by atomic mass is 32.2. The first-order valence-electron chi connectivity index (χ1n) is 8.27. The Hall–Kier alpha value is -1.51. The van der Waals surface area contributed by atoms with E-state index < -0.39 is 16.1 Å². The summed E-state index contributed by atoms with van der Waals surface area (Å²) in [6.07, 6.45) is 4.71. The van der Waals surface area contributed by atoms with Gasteiger partial charge in [-0.15, -0.1) is 0 Å². The Balaban J connectivity index is 1.53. The molecule has 0 unspecified atom stereocenters. The van der Waals surface area contributed by atoms with Crippen LogP contribution in [0.15, 0.2) is 29.4 Å². The second-order valence-corrected chi connectivity index (χ2v) is 8.83. The van der Waals surface area contributed by atoms with Crippen molar-refractivity contribution in [3.05, 3.63) is 24.5 Å². The largest absolute Gasteiger partial charge is 0.368 e. The average molecular weight is 351 g/mol. The number of aromatic nitrogens is 1. The maximum Gasteiger partial charge on any atom is 0.252 e. The van der Waals surface area contributed by atoms with Crippen molar-refractivity contribution >= 4 is 15.9 Å². The highest BCUT2D eigenvalue weighted by Crippen LogP contribution is 2.37. The molecule has 3 fully saturated rings. The summed E-state index contributed by atoms with van der Waals surface area (Å²) in [6, 6.07) is 3.04. The van der Waals surface area contributed by atoms with Crippen LogP contribution in [0.25, 0.3) is 0 Å². The molecule has 2 aliphatic heterocycles. The first-order chi connectivity index (χ1) is 11.5. The minimum Gasteiger partial charge on any atom is -0.368 e. The molecular formula is C16H21N3O4S. The zero-order valence-electron chi connectivity index (χ0n) is 13.5. The number of carbonyl (C=O) groups is 1. The number of pyridine rings is 1. The van der Waals surface area contributed by atoms with Gasteiger partial charge in [0.05, 0.1) is 12.6 Å². The second-order valence-electron chi connectivity index (χ2n) is 6.89. The number of sulfonamides is 1. The SMILES string of the molecule is CN1C(=O)[C@@H](OCC2CC2)[C@H]2CN(S(=O)(=O)c3cccnc3)C[C@H]21. The average Bonchev–Trinajstić information content (AvgIpc) is 3.26. The molecule has 24 heavy (non-hydrogen) atoms. The molecule has 1 aromatic heterocycles. The van der Waals surface area contributed by atoms with Crippen LogP contribution >= 0.6 is 0 Å². The normalized spacial score (nSPS) is 30.8. The van der Waals surface area contributed by atoms with Gasteiger partial charge in [-0.2, -0.15) is 4.31 Å². The minimum absolute atomic E-state index is 0.0240. The van der Waals surface area contributed by atoms with E-state index in [2.05, 4.69) is 4.98 Å². The number of ether oxygens (including phenoxy) is 1. The topological polar surface area (TPSA) is 79.8 Å². The molecule has 0 aromatic carbocycles. The van der Waals surface area contributed by atoms with Crippen LogP contribution < -0.4 is 0 Å². The molecule has 3 atom stereocenters. The third-order valence-electron chi connectivity index (χ3n) is 5.26. The third-order valence-corrected chi connectivity index (χ3v) is 7.07. The molecule has 8 heteroatoms. The van der Waals surface area contributed by atoms with Gasteiger partial charge in [0.2, 0.25) is 10.0 Å². The molecule has 0 radical (unpaired) electrons. The summed E-state index contributed by atoms with van der Waals surface area (Å²) in [5, 5.41) is 0. The van der Waals surface area contributed by atoms with Gasteiger partial charge in [-0.3, -0.25) is 9.78 Å². The van der Waals surface area contributed by atoms with Crippen molar-refractivity contribution in [2.75, 3.05) is 26.7 Å². The lowest BCUT2D eigenvalue weighted by molar-refractivity contribution is -0.138. The molecule has 2 saturated heterocycles. The van der Waals surface area contributed by atoms with Gasteiger partial charge in [0.25, 0.3) is 5.91 Å². The lowest BCUT2D eigenvalue weighted by Gasteiger charge is -2.21. The zero-order valence-corrected chi connectivity index (χ0v) is 14.4. The summed E-state index contributed by atoms with van der Waals surface area (Å²) in [4.78, 5) is 18.1. The van der Waals surface area contributed by atoms with Gasteiger partial charge in [0.15, 0.2) is 0 Å². The predicted octanol–water partition coefficient (Wildman–Crippen LogP) is 0.338. The lowest BCUT2D eigenvalue weighted by Crippen LogP contribution is -2.39. The van der Waals surface area contributed by atoms with Gasteiger partial charge in [-0.1, -0.05) is 0 Å². The Bertz CT molecular complexity index is 735. The molecule has 0 bridgehead atoms. The molecule has 7 nitrogen and oxygen atoms in total. The number of nitrogens with zero attached hydrogens (tertiary/aromatic N) is 3. The molecule has 1 saturated carbocycles. The van der Waals surface area contributed by atoms with E-state index in [0.717, 1.165) is 12.8 Å². The maximum absolute atomic E-state index is 12.8. The summed E-state index contributed by atoms with van der Waals surface area (Å²) in [5.74, 6) is 0.440. The summed E-state index contributed by atoms with van der Waals surface area (Å²) in [7, 11) is -1.85. The molecule has 4 rings (SSSR count). The Morgan fingerprint density at radius 2 is 2.12 bits per heavy atom. The van der Waals surface area contributed by atoms with E-state index in [1.54, 1.807) is 30.3 Å². The number of hydrogen-bond acceptors (Lipinski definition) is 5. The summed E-state index contributed by atoms with van der Waals surface area (Å²) < 4.78 is 32.9. The van der Waals surface area contributed by atoms with Crippen LogP contribution in [0.5, 0.6) is 0 Å². The van der Waals surface area contributed by atoms with E-state index >= 15 is 0 Å². The van der Waals surface area contributed by atoms with Crippen LogP contribution in [0.3, 0.4) is 0 Å². The van der Waals surface area contributed by atoms with Crippen molar-refractivity contribution in [3.8, 4) is 0 Å². The molecule has 0 spiro atoms. The molecule has 1 aromatic rings. The first kappa shape index (κ1) is 16.0. The van der Waals surface area contributed by atoms with E-state index in [0.29, 0.717) is 25.6 Å². The van der Waals surface area contributed by atoms with Crippen LogP contribution in [-0.2, 0) is 19.6 Å². The monoisotopic (exact) mass is 351 g/mol. The maximum atomic E-state index is 12.8. The molecule has 130 valence electrons. The van der Waals surface area contributed by atoms with Crippen molar-refractivity contribution in [2.24, 2.45) is 11.8 Å². The van der Waals surface area contributed by atoms with Crippen LogP contribution in [0.1, 0.15) is 12.8 Å². The predicted molar refractivity (Wildman–Crippen MR) is 85.5 cm³/mol. The van der Waals surface area contributed by atoms with Gasteiger partial charge in [0, 0.05) is 38.4 Å². The standard InChI is InChI=1S/C16H21N3O4S/c1-18-14-9-19(24(21,22)12-3-2-6-17-7-12)8-13(14)15(16(18)20)23-10-11-4-5-11/h2-3,6-7,11,13-15H,4-5,8-10H2,1H3/t13-,14+,15-/m0/s1. The Morgan fingerprint density at radius 3 is 2.79 bits per heavy atom. The van der Waals surface area contributed by atoms with E-state index in [1.165, 1.54) is 10.5 Å². The van der Waals surface area contributed by atoms with E-state index in [4.69, 9.17) is 4.74 Å². The number of amides is 1. The number of rotatable bonds is 5. The summed E-state index contributed by atoms with van der Waals surface area (Å²) >= 11 is 0. The van der Waals surface area contributed by atoms with Gasteiger partial charge in [0.1, 0.15) is 11.0 Å². The van der Waals surface area contributed by atoms with Crippen molar-refractivity contribution < 1.29 is 17.9 Å². The van der Waals surface area contributed by atoms with Crippen molar-refractivity contribution in [3.63, 3.8) is 0 Å². The smallest absolute Gasteiger partial charge is 0.252 e. The fourth-order valence-corrected chi connectivity index (χ4v) is 5.05. The Morgan fingerprint density at radius 1 is 1.33 bits per heavy atom. The molecule has 3 aliphatic rings. The quantitative estimate of drug-likeness (QED) is 0.764. The fraction of sp³-hybridized carbons (Fsp3) is 0.625. The van der Waals surface area contributed by atoms with Crippen molar-refractivity contribution in [2.45, 2.75) is 29.9 Å². The summed E-state index contributed by atoms with van der Waals surface area (Å²) in [6.45, 7) is 1.23. The summed E-state index contributed by atoms with van der Waals surface area (Å²) in [5.41, 5.74) is 0. The highest BCUT2D eigenvalue weighted by molar-refractivity contribution is 7.89. The molecular weight excluding hydrogens is 330 g/mol. The van der Waals surface area contributed by atoms with Gasteiger partial charge in [-0.25, -0.2) is 8.42 Å². The van der Waals surface area contributed by atoms with Crippen LogP contribution in [-0.4, -0.2) is 67.4 Å². The number of hydrogen-bond donors (Lipinski definition) is 0. The van der Waals surface area contributed by atoms with E-state index in [-0.39, 0.29) is 22.8 Å².